The van der Waals surface area contributed by atoms with Crippen molar-refractivity contribution in [2.24, 2.45) is 11.8 Å². The van der Waals surface area contributed by atoms with Gasteiger partial charge in [0, 0.05) is 11.5 Å². The molecule has 2 aromatic carbocycles. The number of benzene rings is 2. The summed E-state index contributed by atoms with van der Waals surface area (Å²) < 4.78 is 17.8. The zero-order valence-electron chi connectivity index (χ0n) is 19.2. The Labute approximate surface area is 188 Å². The Bertz CT molecular complexity index is 758. The van der Waals surface area contributed by atoms with Crippen LogP contribution in [-0.2, 0) is 9.47 Å². The average Bonchev–Trinajstić information content (AvgIpc) is 2.83. The van der Waals surface area contributed by atoms with E-state index in [-0.39, 0.29) is 6.29 Å². The van der Waals surface area contributed by atoms with E-state index in [0.29, 0.717) is 5.92 Å². The van der Waals surface area contributed by atoms with Crippen molar-refractivity contribution in [3.63, 3.8) is 0 Å². The van der Waals surface area contributed by atoms with Crippen LogP contribution in [0.25, 0.3) is 11.1 Å². The number of hydrogen-bond acceptors (Lipinski definition) is 3. The predicted octanol–water partition coefficient (Wildman–Crippen LogP) is 7.58. The fourth-order valence-electron chi connectivity index (χ4n) is 3.86. The molecule has 3 rings (SSSR count). The van der Waals surface area contributed by atoms with Gasteiger partial charge in [0.05, 0.1) is 19.8 Å². The summed E-state index contributed by atoms with van der Waals surface area (Å²) in [7, 11) is 0. The fraction of sp³-hybridized carbons (Fsp3) is 0.500. The predicted molar refractivity (Wildman–Crippen MR) is 128 cm³/mol. The van der Waals surface area contributed by atoms with Crippen LogP contribution < -0.4 is 4.74 Å². The number of rotatable bonds is 12. The van der Waals surface area contributed by atoms with Gasteiger partial charge in [0.2, 0.25) is 0 Å². The molecular formula is C28H38O3. The summed E-state index contributed by atoms with van der Waals surface area (Å²) in [4.78, 5) is 0. The van der Waals surface area contributed by atoms with Crippen LogP contribution in [-0.4, -0.2) is 19.8 Å². The Morgan fingerprint density at radius 1 is 1.00 bits per heavy atom. The molecule has 0 spiro atoms. The van der Waals surface area contributed by atoms with Crippen LogP contribution in [0, 0.1) is 11.8 Å². The zero-order valence-corrected chi connectivity index (χ0v) is 19.2. The highest BCUT2D eigenvalue weighted by molar-refractivity contribution is 5.64. The van der Waals surface area contributed by atoms with Crippen molar-refractivity contribution in [3.05, 3.63) is 66.7 Å². The molecule has 0 unspecified atom stereocenters. The first-order chi connectivity index (χ1) is 15.2. The summed E-state index contributed by atoms with van der Waals surface area (Å²) >= 11 is 0. The molecule has 1 aliphatic heterocycles. The second kappa shape index (κ2) is 12.7. The molecule has 1 aliphatic rings. The molecule has 3 nitrogen and oxygen atoms in total. The molecular weight excluding hydrogens is 384 g/mol. The molecule has 1 atom stereocenters. The Hall–Kier alpha value is -2.10. The second-order valence-electron chi connectivity index (χ2n) is 8.73. The van der Waals surface area contributed by atoms with Gasteiger partial charge in [-0.1, -0.05) is 62.7 Å². The van der Waals surface area contributed by atoms with Crippen LogP contribution in [0.3, 0.4) is 0 Å². The first-order valence-corrected chi connectivity index (χ1v) is 11.9. The molecule has 1 saturated heterocycles. The van der Waals surface area contributed by atoms with Crippen LogP contribution in [0.4, 0.5) is 0 Å². The van der Waals surface area contributed by atoms with Gasteiger partial charge in [-0.15, -0.1) is 6.58 Å². The van der Waals surface area contributed by atoms with Crippen molar-refractivity contribution in [1.82, 2.24) is 0 Å². The van der Waals surface area contributed by atoms with Crippen LogP contribution in [0.15, 0.2) is 61.2 Å². The molecule has 168 valence electrons. The van der Waals surface area contributed by atoms with E-state index in [2.05, 4.69) is 69.0 Å². The van der Waals surface area contributed by atoms with Gasteiger partial charge in [0.15, 0.2) is 6.29 Å². The SMILES string of the molecule is C=CCCCC1COC(c2ccc(-c3ccc(OCCC[C@@H](C)CC)cc3)cc2)OC1. The molecule has 0 radical (unpaired) electrons. The van der Waals surface area contributed by atoms with Crippen molar-refractivity contribution < 1.29 is 14.2 Å². The third-order valence-corrected chi connectivity index (χ3v) is 6.16. The molecule has 0 bridgehead atoms. The lowest BCUT2D eigenvalue weighted by Gasteiger charge is -2.29. The average molecular weight is 423 g/mol. The lowest BCUT2D eigenvalue weighted by Crippen LogP contribution is -2.27. The number of allylic oxidation sites excluding steroid dienone is 1. The van der Waals surface area contributed by atoms with Crippen molar-refractivity contribution in [3.8, 4) is 16.9 Å². The summed E-state index contributed by atoms with van der Waals surface area (Å²) in [6, 6.07) is 16.9. The van der Waals surface area contributed by atoms with Crippen molar-refractivity contribution >= 4 is 0 Å². The Balaban J connectivity index is 1.46. The second-order valence-corrected chi connectivity index (χ2v) is 8.73. The highest BCUT2D eigenvalue weighted by Gasteiger charge is 2.23. The van der Waals surface area contributed by atoms with Crippen molar-refractivity contribution in [1.29, 1.82) is 0 Å². The van der Waals surface area contributed by atoms with E-state index in [0.717, 1.165) is 62.7 Å². The summed E-state index contributed by atoms with van der Waals surface area (Å²) in [6.45, 7) is 10.6. The summed E-state index contributed by atoms with van der Waals surface area (Å²) in [5, 5.41) is 0. The molecule has 0 N–H and O–H groups in total. The van der Waals surface area contributed by atoms with E-state index in [1.54, 1.807) is 0 Å². The summed E-state index contributed by atoms with van der Waals surface area (Å²) in [5.74, 6) is 2.21. The maximum atomic E-state index is 5.97. The van der Waals surface area contributed by atoms with Gasteiger partial charge in [-0.05, 0) is 61.3 Å². The molecule has 1 heterocycles. The molecule has 1 fully saturated rings. The molecule has 0 saturated carbocycles. The monoisotopic (exact) mass is 422 g/mol. The topological polar surface area (TPSA) is 27.7 Å². The Morgan fingerprint density at radius 3 is 2.26 bits per heavy atom. The summed E-state index contributed by atoms with van der Waals surface area (Å²) in [5.41, 5.74) is 3.45. The third kappa shape index (κ3) is 7.52. The van der Waals surface area contributed by atoms with Gasteiger partial charge < -0.3 is 14.2 Å². The maximum absolute atomic E-state index is 5.97. The van der Waals surface area contributed by atoms with Crippen LogP contribution in [0.5, 0.6) is 5.75 Å². The lowest BCUT2D eigenvalue weighted by atomic mass is 10.0. The quantitative estimate of drug-likeness (QED) is 0.261. The Kier molecular flexibility index (Phi) is 9.64. The van der Waals surface area contributed by atoms with Crippen LogP contribution in [0.2, 0.25) is 0 Å². The van der Waals surface area contributed by atoms with Gasteiger partial charge in [0.1, 0.15) is 5.75 Å². The normalized spacial score (nSPS) is 19.7. The smallest absolute Gasteiger partial charge is 0.183 e. The first-order valence-electron chi connectivity index (χ1n) is 11.9. The van der Waals surface area contributed by atoms with Crippen LogP contribution >= 0.6 is 0 Å². The van der Waals surface area contributed by atoms with Gasteiger partial charge in [0.25, 0.3) is 0 Å². The minimum absolute atomic E-state index is 0.254. The van der Waals surface area contributed by atoms with Gasteiger partial charge in [-0.25, -0.2) is 0 Å². The maximum Gasteiger partial charge on any atom is 0.183 e. The number of unbranched alkanes of at least 4 members (excludes halogenated alkanes) is 1. The minimum atomic E-state index is -0.254. The van der Waals surface area contributed by atoms with E-state index < -0.39 is 0 Å². The van der Waals surface area contributed by atoms with E-state index in [1.807, 2.05) is 6.08 Å². The van der Waals surface area contributed by atoms with E-state index in [1.165, 1.54) is 24.0 Å². The molecule has 2 aromatic rings. The number of hydrogen-bond donors (Lipinski definition) is 0. The highest BCUT2D eigenvalue weighted by Crippen LogP contribution is 2.29. The molecule has 3 heteroatoms. The minimum Gasteiger partial charge on any atom is -0.494 e. The van der Waals surface area contributed by atoms with Crippen molar-refractivity contribution in [2.75, 3.05) is 19.8 Å². The third-order valence-electron chi connectivity index (χ3n) is 6.16. The van der Waals surface area contributed by atoms with Gasteiger partial charge in [-0.3, -0.25) is 0 Å². The first kappa shape index (κ1) is 23.6. The van der Waals surface area contributed by atoms with Gasteiger partial charge >= 0.3 is 0 Å². The Morgan fingerprint density at radius 2 is 1.65 bits per heavy atom. The molecule has 31 heavy (non-hydrogen) atoms. The molecule has 0 amide bonds. The molecule has 0 aliphatic carbocycles. The van der Waals surface area contributed by atoms with Crippen molar-refractivity contribution in [2.45, 2.75) is 58.7 Å². The van der Waals surface area contributed by atoms with Gasteiger partial charge in [-0.2, -0.15) is 0 Å². The van der Waals surface area contributed by atoms with E-state index in [4.69, 9.17) is 14.2 Å². The van der Waals surface area contributed by atoms with E-state index >= 15 is 0 Å². The summed E-state index contributed by atoms with van der Waals surface area (Å²) in [6.07, 6.45) is 8.65. The molecule has 0 aromatic heterocycles. The zero-order chi connectivity index (χ0) is 21.9. The standard InChI is InChI=1S/C28H38O3/c1-4-6-7-10-23-20-30-28(31-21-23)26-13-11-24(12-14-26)25-15-17-27(18-16-25)29-19-8-9-22(3)5-2/h4,11-18,22-23,28H,1,5-10,19-21H2,2-3H3/t22-,23?,28?/m0/s1. The fourth-order valence-corrected chi connectivity index (χ4v) is 3.86. The van der Waals surface area contributed by atoms with Crippen LogP contribution in [0.1, 0.15) is 64.2 Å². The lowest BCUT2D eigenvalue weighted by molar-refractivity contribution is -0.206. The largest absolute Gasteiger partial charge is 0.494 e. The number of ether oxygens (including phenoxy) is 3. The van der Waals surface area contributed by atoms with E-state index in [9.17, 15) is 0 Å². The highest BCUT2D eigenvalue weighted by atomic mass is 16.7.